The maximum Gasteiger partial charge on any atom is 0.0846 e. The van der Waals surface area contributed by atoms with Crippen LogP contribution >= 0.6 is 11.8 Å². The molecule has 3 rings (SSSR count). The molecular weight excluding hydrogens is 328 g/mol. The minimum atomic E-state index is -0.468. The molecule has 2 aromatic carbocycles. The lowest BCUT2D eigenvalue weighted by atomic mass is 10.2. The molecule has 0 radical (unpaired) electrons. The van der Waals surface area contributed by atoms with Crippen molar-refractivity contribution >= 4 is 23.1 Å². The molecule has 0 saturated carbocycles. The van der Waals surface area contributed by atoms with Crippen molar-refractivity contribution in [3.8, 4) is 0 Å². The summed E-state index contributed by atoms with van der Waals surface area (Å²) in [5.74, 6) is 0. The van der Waals surface area contributed by atoms with E-state index < -0.39 is 6.10 Å². The van der Waals surface area contributed by atoms with Gasteiger partial charge in [0.15, 0.2) is 0 Å². The van der Waals surface area contributed by atoms with Gasteiger partial charge in [-0.15, -0.1) is 13.2 Å². The zero-order valence-corrected chi connectivity index (χ0v) is 15.2. The van der Waals surface area contributed by atoms with E-state index in [2.05, 4.69) is 71.5 Å². The van der Waals surface area contributed by atoms with E-state index in [1.54, 1.807) is 11.8 Å². The Morgan fingerprint density at radius 3 is 2.00 bits per heavy atom. The number of aliphatic hydroxyl groups is 1. The van der Waals surface area contributed by atoms with Gasteiger partial charge in [-0.1, -0.05) is 48.2 Å². The van der Waals surface area contributed by atoms with Crippen molar-refractivity contribution in [3.05, 3.63) is 73.8 Å². The lowest BCUT2D eigenvalue weighted by Crippen LogP contribution is -2.39. The number of aliphatic hydroxyl groups excluding tert-OH is 1. The molecule has 130 valence electrons. The van der Waals surface area contributed by atoms with Gasteiger partial charge in [0.2, 0.25) is 0 Å². The number of benzene rings is 2. The molecule has 25 heavy (non-hydrogen) atoms. The summed E-state index contributed by atoms with van der Waals surface area (Å²) in [4.78, 5) is 6.82. The van der Waals surface area contributed by atoms with Gasteiger partial charge in [0.1, 0.15) is 0 Å². The average Bonchev–Trinajstić information content (AvgIpc) is 2.62. The molecule has 0 bridgehead atoms. The number of rotatable bonds is 8. The third kappa shape index (κ3) is 4.15. The topological polar surface area (TPSA) is 26.7 Å². The Morgan fingerprint density at radius 1 is 0.960 bits per heavy atom. The van der Waals surface area contributed by atoms with Crippen LogP contribution in [0.1, 0.15) is 0 Å². The van der Waals surface area contributed by atoms with Gasteiger partial charge in [0, 0.05) is 29.4 Å². The van der Waals surface area contributed by atoms with Crippen LogP contribution in [0.4, 0.5) is 11.4 Å². The number of anilines is 2. The number of para-hydroxylation sites is 2. The standard InChI is InChI=1S/C21H24N2OS/c1-3-13-22(14-4-2)15-17(24)16-23-18-9-5-7-11-20(18)25-21-12-8-6-10-19(21)23/h3-12,17,24H,1-2,13-16H2/t17-/m0/s1. The molecule has 0 spiro atoms. The van der Waals surface area contributed by atoms with Crippen molar-refractivity contribution in [1.29, 1.82) is 0 Å². The molecule has 1 heterocycles. The Kier molecular flexibility index (Phi) is 5.97. The number of nitrogens with zero attached hydrogens (tertiary/aromatic N) is 2. The highest BCUT2D eigenvalue weighted by Gasteiger charge is 2.25. The Bertz CT molecular complexity index is 691. The molecule has 3 nitrogen and oxygen atoms in total. The third-order valence-electron chi connectivity index (χ3n) is 4.17. The fourth-order valence-electron chi connectivity index (χ4n) is 3.13. The minimum absolute atomic E-state index is 0.468. The van der Waals surface area contributed by atoms with Crippen LogP contribution in [0, 0.1) is 0 Å². The van der Waals surface area contributed by atoms with Crippen molar-refractivity contribution in [3.63, 3.8) is 0 Å². The minimum Gasteiger partial charge on any atom is -0.390 e. The van der Waals surface area contributed by atoms with Crippen molar-refractivity contribution < 1.29 is 5.11 Å². The summed E-state index contributed by atoms with van der Waals surface area (Å²) in [5.41, 5.74) is 2.31. The summed E-state index contributed by atoms with van der Waals surface area (Å²) in [7, 11) is 0. The van der Waals surface area contributed by atoms with Gasteiger partial charge in [-0.2, -0.15) is 0 Å². The Hall–Kier alpha value is -2.01. The summed E-state index contributed by atoms with van der Waals surface area (Å²) in [5, 5.41) is 10.7. The lowest BCUT2D eigenvalue weighted by molar-refractivity contribution is 0.131. The number of hydrogen-bond donors (Lipinski definition) is 1. The van der Waals surface area contributed by atoms with Crippen LogP contribution in [0.15, 0.2) is 83.6 Å². The SMILES string of the molecule is C=CCN(CC=C)C[C@H](O)CN1c2ccccc2Sc2ccccc21. The Labute approximate surface area is 154 Å². The van der Waals surface area contributed by atoms with Crippen LogP contribution in [0.2, 0.25) is 0 Å². The summed E-state index contributed by atoms with van der Waals surface area (Å²) < 4.78 is 0. The van der Waals surface area contributed by atoms with E-state index >= 15 is 0 Å². The molecule has 0 aliphatic carbocycles. The van der Waals surface area contributed by atoms with E-state index in [0.717, 1.165) is 24.5 Å². The smallest absolute Gasteiger partial charge is 0.0846 e. The maximum absolute atomic E-state index is 10.7. The van der Waals surface area contributed by atoms with Crippen molar-refractivity contribution in [2.75, 3.05) is 31.1 Å². The van der Waals surface area contributed by atoms with Gasteiger partial charge >= 0.3 is 0 Å². The van der Waals surface area contributed by atoms with Gasteiger partial charge in [-0.05, 0) is 24.3 Å². The second-order valence-corrected chi connectivity index (χ2v) is 7.18. The first-order valence-electron chi connectivity index (χ1n) is 8.48. The third-order valence-corrected chi connectivity index (χ3v) is 5.30. The first-order chi connectivity index (χ1) is 12.2. The summed E-state index contributed by atoms with van der Waals surface area (Å²) in [6.07, 6.45) is 3.25. The normalized spacial score (nSPS) is 13.9. The van der Waals surface area contributed by atoms with Crippen LogP contribution in [0.25, 0.3) is 0 Å². The molecule has 0 amide bonds. The summed E-state index contributed by atoms with van der Waals surface area (Å²) >= 11 is 1.78. The molecule has 1 aliphatic rings. The maximum atomic E-state index is 10.7. The van der Waals surface area contributed by atoms with Crippen LogP contribution in [-0.4, -0.2) is 42.3 Å². The van der Waals surface area contributed by atoms with Crippen LogP contribution in [-0.2, 0) is 0 Å². The molecule has 1 aliphatic heterocycles. The molecule has 0 unspecified atom stereocenters. The fourth-order valence-corrected chi connectivity index (χ4v) is 4.23. The van der Waals surface area contributed by atoms with Gasteiger partial charge < -0.3 is 10.0 Å². The molecule has 1 N–H and O–H groups in total. The second kappa shape index (κ2) is 8.39. The van der Waals surface area contributed by atoms with Crippen LogP contribution in [0.3, 0.4) is 0 Å². The lowest BCUT2D eigenvalue weighted by Gasteiger charge is -2.35. The monoisotopic (exact) mass is 352 g/mol. The highest BCUT2D eigenvalue weighted by atomic mass is 32.2. The number of β-amino-alcohol motifs (C(OH)–C–C–N with tert-alkyl or cyclic N) is 1. The number of fused-ring (bicyclic) bond motifs is 2. The Morgan fingerprint density at radius 2 is 1.48 bits per heavy atom. The van der Waals surface area contributed by atoms with Crippen molar-refractivity contribution in [1.82, 2.24) is 4.90 Å². The molecule has 0 aromatic heterocycles. The first kappa shape index (κ1) is 17.8. The summed E-state index contributed by atoms with van der Waals surface area (Å²) in [6.45, 7) is 10.2. The van der Waals surface area contributed by atoms with E-state index in [1.165, 1.54) is 9.79 Å². The second-order valence-electron chi connectivity index (χ2n) is 6.10. The van der Waals surface area contributed by atoms with E-state index in [4.69, 9.17) is 0 Å². The average molecular weight is 353 g/mol. The summed E-state index contributed by atoms with van der Waals surface area (Å²) in [6, 6.07) is 16.7. The predicted molar refractivity (Wildman–Crippen MR) is 107 cm³/mol. The van der Waals surface area contributed by atoms with E-state index in [9.17, 15) is 5.11 Å². The zero-order chi connectivity index (χ0) is 17.6. The fraction of sp³-hybridized carbons (Fsp3) is 0.238. The molecule has 1 atom stereocenters. The van der Waals surface area contributed by atoms with E-state index in [0.29, 0.717) is 13.1 Å². The van der Waals surface area contributed by atoms with Crippen LogP contribution in [0.5, 0.6) is 0 Å². The molecule has 0 saturated heterocycles. The molecular formula is C21H24N2OS. The predicted octanol–water partition coefficient (Wildman–Crippen LogP) is 4.32. The quantitative estimate of drug-likeness (QED) is 0.716. The largest absolute Gasteiger partial charge is 0.390 e. The first-order valence-corrected chi connectivity index (χ1v) is 9.30. The van der Waals surface area contributed by atoms with Crippen LogP contribution < -0.4 is 4.90 Å². The van der Waals surface area contributed by atoms with Gasteiger partial charge in [-0.25, -0.2) is 0 Å². The van der Waals surface area contributed by atoms with E-state index in [1.807, 2.05) is 12.2 Å². The molecule has 2 aromatic rings. The van der Waals surface area contributed by atoms with Crippen molar-refractivity contribution in [2.24, 2.45) is 0 Å². The van der Waals surface area contributed by atoms with Gasteiger partial charge in [0.05, 0.1) is 24.0 Å². The van der Waals surface area contributed by atoms with Gasteiger partial charge in [-0.3, -0.25) is 4.90 Å². The molecule has 4 heteroatoms. The number of hydrogen-bond acceptors (Lipinski definition) is 4. The Balaban J connectivity index is 1.81. The van der Waals surface area contributed by atoms with E-state index in [-0.39, 0.29) is 0 Å². The zero-order valence-electron chi connectivity index (χ0n) is 14.3. The van der Waals surface area contributed by atoms with Gasteiger partial charge in [0.25, 0.3) is 0 Å². The van der Waals surface area contributed by atoms with Crippen molar-refractivity contribution in [2.45, 2.75) is 15.9 Å². The highest BCUT2D eigenvalue weighted by Crippen LogP contribution is 2.47. The molecule has 0 fully saturated rings. The highest BCUT2D eigenvalue weighted by molar-refractivity contribution is 7.99.